The van der Waals surface area contributed by atoms with Gasteiger partial charge in [0.1, 0.15) is 5.58 Å². The van der Waals surface area contributed by atoms with Gasteiger partial charge in [-0.25, -0.2) is 4.79 Å². The van der Waals surface area contributed by atoms with Crippen molar-refractivity contribution in [3.63, 3.8) is 0 Å². The van der Waals surface area contributed by atoms with Crippen LogP contribution in [-0.4, -0.2) is 12.8 Å². The molecule has 2 aliphatic heterocycles. The molecule has 6 heteroatoms. The molecule has 0 saturated carbocycles. The van der Waals surface area contributed by atoms with Crippen LogP contribution in [0.15, 0.2) is 51.7 Å². The van der Waals surface area contributed by atoms with Crippen LogP contribution in [0, 0.1) is 0 Å². The van der Waals surface area contributed by atoms with Crippen molar-refractivity contribution in [2.45, 2.75) is 12.3 Å². The van der Waals surface area contributed by atoms with Gasteiger partial charge < -0.3 is 18.6 Å². The van der Waals surface area contributed by atoms with E-state index in [1.165, 1.54) is 0 Å². The maximum absolute atomic E-state index is 12.6. The Labute approximate surface area is 141 Å². The van der Waals surface area contributed by atoms with E-state index in [0.29, 0.717) is 39.3 Å². The van der Waals surface area contributed by atoms with Crippen molar-refractivity contribution in [3.8, 4) is 17.2 Å². The van der Waals surface area contributed by atoms with E-state index in [-0.39, 0.29) is 13.2 Å². The number of hydrogen-bond donors (Lipinski definition) is 0. The van der Waals surface area contributed by atoms with Gasteiger partial charge in [-0.2, -0.15) is 0 Å². The first-order chi connectivity index (χ1) is 12.2. The molecule has 124 valence electrons. The molecule has 2 aliphatic rings. The van der Waals surface area contributed by atoms with Crippen LogP contribution in [0.2, 0.25) is 0 Å². The third kappa shape index (κ3) is 2.11. The topological polar surface area (TPSA) is 75.0 Å². The lowest BCUT2D eigenvalue weighted by Gasteiger charge is -2.23. The van der Waals surface area contributed by atoms with Gasteiger partial charge in [-0.3, -0.25) is 4.79 Å². The van der Waals surface area contributed by atoms with Crippen LogP contribution in [0.4, 0.5) is 0 Å². The van der Waals surface area contributed by atoms with Gasteiger partial charge in [0, 0.05) is 6.42 Å². The fraction of sp³-hybridized carbons (Fsp3) is 0.158. The second-order valence-electron chi connectivity index (χ2n) is 5.98. The number of para-hydroxylation sites is 1. The maximum Gasteiger partial charge on any atom is 0.343 e. The molecule has 0 radical (unpaired) electrons. The lowest BCUT2D eigenvalue weighted by Crippen LogP contribution is -2.29. The standard InChI is InChI=1S/C19H12O6/c20-18-12(10-5-6-15-16(7-10)23-9-22-15)8-13-17(25-18)11-3-1-2-4-14(11)24-19(13)21/h1-7,12H,8-9H2. The van der Waals surface area contributed by atoms with Gasteiger partial charge >= 0.3 is 11.6 Å². The van der Waals surface area contributed by atoms with Crippen molar-refractivity contribution < 1.29 is 23.4 Å². The largest absolute Gasteiger partial charge is 0.454 e. The van der Waals surface area contributed by atoms with Gasteiger partial charge in [0.05, 0.1) is 16.9 Å². The van der Waals surface area contributed by atoms with Crippen molar-refractivity contribution in [3.05, 3.63) is 64.0 Å². The van der Waals surface area contributed by atoms with E-state index in [1.54, 1.807) is 42.5 Å². The second-order valence-corrected chi connectivity index (χ2v) is 5.98. The van der Waals surface area contributed by atoms with Crippen molar-refractivity contribution in [1.82, 2.24) is 0 Å². The van der Waals surface area contributed by atoms with Crippen molar-refractivity contribution in [1.29, 1.82) is 0 Å². The number of rotatable bonds is 1. The van der Waals surface area contributed by atoms with Crippen LogP contribution in [0.25, 0.3) is 11.0 Å². The van der Waals surface area contributed by atoms with Crippen LogP contribution in [0.5, 0.6) is 17.2 Å². The van der Waals surface area contributed by atoms with E-state index in [2.05, 4.69) is 0 Å². The Hall–Kier alpha value is -3.28. The highest BCUT2D eigenvalue weighted by molar-refractivity contribution is 5.91. The number of benzene rings is 2. The average Bonchev–Trinajstić information content (AvgIpc) is 3.09. The third-order valence-corrected chi connectivity index (χ3v) is 4.55. The molecule has 6 nitrogen and oxygen atoms in total. The fourth-order valence-electron chi connectivity index (χ4n) is 3.30. The molecule has 1 unspecified atom stereocenters. The van der Waals surface area contributed by atoms with E-state index < -0.39 is 17.5 Å². The summed E-state index contributed by atoms with van der Waals surface area (Å²) in [5.41, 5.74) is 1.01. The molecule has 0 N–H and O–H groups in total. The SMILES string of the molecule is O=C1Oc2c(c(=O)oc3ccccc23)CC1c1ccc2c(c1)OCO2. The predicted octanol–water partition coefficient (Wildman–Crippen LogP) is 2.77. The number of hydrogen-bond acceptors (Lipinski definition) is 6. The summed E-state index contributed by atoms with van der Waals surface area (Å²) in [6.07, 6.45) is 0.223. The van der Waals surface area contributed by atoms with Crippen molar-refractivity contribution in [2.24, 2.45) is 0 Å². The van der Waals surface area contributed by atoms with Gasteiger partial charge in [-0.05, 0) is 29.8 Å². The van der Waals surface area contributed by atoms with Gasteiger partial charge in [0.2, 0.25) is 6.79 Å². The molecule has 0 aliphatic carbocycles. The Balaban J connectivity index is 1.62. The Morgan fingerprint density at radius 2 is 1.80 bits per heavy atom. The van der Waals surface area contributed by atoms with E-state index >= 15 is 0 Å². The maximum atomic E-state index is 12.6. The zero-order chi connectivity index (χ0) is 17.0. The number of esters is 1. The van der Waals surface area contributed by atoms with Crippen LogP contribution in [-0.2, 0) is 11.2 Å². The molecule has 1 atom stereocenters. The predicted molar refractivity (Wildman–Crippen MR) is 87.1 cm³/mol. The van der Waals surface area contributed by atoms with Crippen LogP contribution in [0.3, 0.4) is 0 Å². The smallest absolute Gasteiger partial charge is 0.343 e. The monoisotopic (exact) mass is 336 g/mol. The number of carbonyl (C=O) groups is 1. The molecule has 1 aromatic heterocycles. The van der Waals surface area contributed by atoms with Gasteiger partial charge in [-0.1, -0.05) is 18.2 Å². The van der Waals surface area contributed by atoms with Crippen LogP contribution in [0.1, 0.15) is 17.0 Å². The minimum absolute atomic E-state index is 0.159. The molecule has 5 rings (SSSR count). The quantitative estimate of drug-likeness (QED) is 0.502. The van der Waals surface area contributed by atoms with Gasteiger partial charge in [-0.15, -0.1) is 0 Å². The Bertz CT molecular complexity index is 1080. The molecule has 0 fully saturated rings. The lowest BCUT2D eigenvalue weighted by molar-refractivity contribution is -0.137. The first-order valence-corrected chi connectivity index (χ1v) is 7.86. The summed E-state index contributed by atoms with van der Waals surface area (Å²) >= 11 is 0. The summed E-state index contributed by atoms with van der Waals surface area (Å²) in [6.45, 7) is 0.159. The Morgan fingerprint density at radius 1 is 0.960 bits per heavy atom. The summed E-state index contributed by atoms with van der Waals surface area (Å²) in [5, 5.41) is 0.620. The highest BCUT2D eigenvalue weighted by Crippen LogP contribution is 2.39. The third-order valence-electron chi connectivity index (χ3n) is 4.55. The normalized spacial score (nSPS) is 18.1. The van der Waals surface area contributed by atoms with E-state index in [0.717, 1.165) is 0 Å². The molecule has 0 saturated heterocycles. The van der Waals surface area contributed by atoms with Gasteiger partial charge in [0.25, 0.3) is 0 Å². The molecule has 3 aromatic rings. The Morgan fingerprint density at radius 3 is 2.72 bits per heavy atom. The second kappa shape index (κ2) is 5.11. The van der Waals surface area contributed by atoms with E-state index in [4.69, 9.17) is 18.6 Å². The number of ether oxygens (including phenoxy) is 3. The number of fused-ring (bicyclic) bond motifs is 4. The first-order valence-electron chi connectivity index (χ1n) is 7.86. The summed E-state index contributed by atoms with van der Waals surface area (Å²) in [4.78, 5) is 24.9. The molecule has 2 aromatic carbocycles. The zero-order valence-electron chi connectivity index (χ0n) is 13.0. The Kier molecular flexibility index (Phi) is 2.88. The zero-order valence-corrected chi connectivity index (χ0v) is 13.0. The minimum atomic E-state index is -0.592. The van der Waals surface area contributed by atoms with Crippen molar-refractivity contribution in [2.75, 3.05) is 6.79 Å². The highest BCUT2D eigenvalue weighted by atomic mass is 16.7. The molecule has 0 amide bonds. The average molecular weight is 336 g/mol. The van der Waals surface area contributed by atoms with Crippen molar-refractivity contribution >= 4 is 16.9 Å². The first kappa shape index (κ1) is 14.1. The summed E-state index contributed by atoms with van der Waals surface area (Å²) < 4.78 is 21.6. The summed E-state index contributed by atoms with van der Waals surface area (Å²) in [7, 11) is 0. The van der Waals surface area contributed by atoms with Crippen LogP contribution >= 0.6 is 0 Å². The molecule has 25 heavy (non-hydrogen) atoms. The number of carbonyl (C=O) groups excluding carboxylic acids is 1. The lowest BCUT2D eigenvalue weighted by atomic mass is 9.89. The highest BCUT2D eigenvalue weighted by Gasteiger charge is 2.34. The molecular formula is C19H12O6. The molecule has 3 heterocycles. The van der Waals surface area contributed by atoms with Gasteiger partial charge in [0.15, 0.2) is 17.2 Å². The van der Waals surface area contributed by atoms with Crippen LogP contribution < -0.4 is 19.8 Å². The fourth-order valence-corrected chi connectivity index (χ4v) is 3.30. The van der Waals surface area contributed by atoms with E-state index in [9.17, 15) is 9.59 Å². The molecule has 0 bridgehead atoms. The minimum Gasteiger partial charge on any atom is -0.454 e. The summed E-state index contributed by atoms with van der Waals surface area (Å²) in [6, 6.07) is 12.3. The van der Waals surface area contributed by atoms with E-state index in [1.807, 2.05) is 0 Å². The molecule has 0 spiro atoms. The summed E-state index contributed by atoms with van der Waals surface area (Å²) in [5.74, 6) is 0.530. The molecular weight excluding hydrogens is 324 g/mol.